The fraction of sp³-hybridized carbons (Fsp3) is 0.545. The number of hydrogen-bond acceptors (Lipinski definition) is 2. The van der Waals surface area contributed by atoms with Crippen LogP contribution < -0.4 is 4.74 Å². The van der Waals surface area contributed by atoms with Crippen LogP contribution in [0.1, 0.15) is 32.2 Å². The molecule has 0 aromatic carbocycles. The van der Waals surface area contributed by atoms with Crippen LogP contribution in [0.5, 0.6) is 5.75 Å². The highest BCUT2D eigenvalue weighted by molar-refractivity contribution is 5.26. The fourth-order valence-electron chi connectivity index (χ4n) is 1.21. The van der Waals surface area contributed by atoms with Crippen molar-refractivity contribution in [2.75, 3.05) is 0 Å². The third kappa shape index (κ3) is 3.45. The molecular formula is C11H17NO. The summed E-state index contributed by atoms with van der Waals surface area (Å²) >= 11 is 0. The Morgan fingerprint density at radius 1 is 1.08 bits per heavy atom. The average molecular weight is 179 g/mol. The molecule has 0 saturated heterocycles. The Kier molecular flexibility index (Phi) is 2.60. The Balaban J connectivity index is 2.90. The van der Waals surface area contributed by atoms with Gasteiger partial charge in [-0.3, -0.25) is 4.98 Å². The maximum atomic E-state index is 5.72. The normalized spacial score (nSPS) is 11.5. The van der Waals surface area contributed by atoms with Crippen LogP contribution in [0.2, 0.25) is 0 Å². The van der Waals surface area contributed by atoms with Crippen LogP contribution in [0, 0.1) is 13.8 Å². The Hall–Kier alpha value is -1.05. The van der Waals surface area contributed by atoms with Crippen molar-refractivity contribution < 1.29 is 4.74 Å². The van der Waals surface area contributed by atoms with E-state index < -0.39 is 0 Å². The van der Waals surface area contributed by atoms with Gasteiger partial charge in [-0.15, -0.1) is 0 Å². The van der Waals surface area contributed by atoms with Crippen molar-refractivity contribution >= 4 is 0 Å². The van der Waals surface area contributed by atoms with Gasteiger partial charge >= 0.3 is 0 Å². The van der Waals surface area contributed by atoms with E-state index in [-0.39, 0.29) is 5.60 Å². The minimum atomic E-state index is -0.139. The Morgan fingerprint density at radius 2 is 1.54 bits per heavy atom. The largest absolute Gasteiger partial charge is 0.488 e. The molecule has 1 aromatic heterocycles. The van der Waals surface area contributed by atoms with Crippen LogP contribution in [-0.4, -0.2) is 10.6 Å². The van der Waals surface area contributed by atoms with Gasteiger partial charge in [-0.05, 0) is 34.6 Å². The molecule has 0 saturated carbocycles. The lowest BCUT2D eigenvalue weighted by Crippen LogP contribution is -2.23. The minimum absolute atomic E-state index is 0.139. The molecule has 0 atom stereocenters. The molecule has 0 aliphatic heterocycles. The first-order valence-corrected chi connectivity index (χ1v) is 4.51. The van der Waals surface area contributed by atoms with Crippen molar-refractivity contribution in [3.8, 4) is 5.75 Å². The predicted octanol–water partition coefficient (Wildman–Crippen LogP) is 2.88. The summed E-state index contributed by atoms with van der Waals surface area (Å²) in [4.78, 5) is 4.28. The Morgan fingerprint density at radius 3 is 1.92 bits per heavy atom. The third-order valence-corrected chi connectivity index (χ3v) is 1.48. The van der Waals surface area contributed by atoms with Crippen LogP contribution in [0.4, 0.5) is 0 Å². The molecule has 0 bridgehead atoms. The summed E-state index contributed by atoms with van der Waals surface area (Å²) in [5.41, 5.74) is 1.86. The number of rotatable bonds is 1. The second-order valence-corrected chi connectivity index (χ2v) is 4.30. The zero-order valence-electron chi connectivity index (χ0n) is 9.01. The lowest BCUT2D eigenvalue weighted by Gasteiger charge is -2.21. The highest BCUT2D eigenvalue weighted by Gasteiger charge is 2.11. The van der Waals surface area contributed by atoms with E-state index >= 15 is 0 Å². The van der Waals surface area contributed by atoms with Gasteiger partial charge < -0.3 is 4.74 Å². The first-order chi connectivity index (χ1) is 5.87. The predicted molar refractivity (Wildman–Crippen MR) is 54.1 cm³/mol. The molecular weight excluding hydrogens is 162 g/mol. The number of aryl methyl sites for hydroxylation is 2. The van der Waals surface area contributed by atoms with Crippen LogP contribution in [0.3, 0.4) is 0 Å². The standard InChI is InChI=1S/C11H17NO/c1-8-6-10(7-9(2)12-8)13-11(3,4)5/h6-7H,1-5H3. The van der Waals surface area contributed by atoms with Crippen molar-refractivity contribution in [3.63, 3.8) is 0 Å². The molecule has 72 valence electrons. The molecule has 0 fully saturated rings. The monoisotopic (exact) mass is 179 g/mol. The van der Waals surface area contributed by atoms with Gasteiger partial charge in [-0.1, -0.05) is 0 Å². The van der Waals surface area contributed by atoms with Gasteiger partial charge in [0, 0.05) is 23.5 Å². The molecule has 0 spiro atoms. The number of pyridine rings is 1. The molecule has 1 aromatic rings. The Bertz CT molecular complexity index is 279. The number of ether oxygens (including phenoxy) is 1. The van der Waals surface area contributed by atoms with Crippen LogP contribution in [0.25, 0.3) is 0 Å². The van der Waals surface area contributed by atoms with Crippen LogP contribution in [-0.2, 0) is 0 Å². The lowest BCUT2D eigenvalue weighted by atomic mass is 10.2. The van der Waals surface area contributed by atoms with E-state index in [1.807, 2.05) is 46.8 Å². The van der Waals surface area contributed by atoms with Gasteiger partial charge in [-0.25, -0.2) is 0 Å². The number of aromatic nitrogens is 1. The van der Waals surface area contributed by atoms with Gasteiger partial charge in [0.2, 0.25) is 0 Å². The molecule has 0 aliphatic carbocycles. The molecule has 0 aliphatic rings. The van der Waals surface area contributed by atoms with E-state index in [1.165, 1.54) is 0 Å². The molecule has 2 heteroatoms. The zero-order chi connectivity index (χ0) is 10.1. The van der Waals surface area contributed by atoms with Gasteiger partial charge in [0.1, 0.15) is 11.4 Å². The molecule has 0 unspecified atom stereocenters. The molecule has 0 radical (unpaired) electrons. The summed E-state index contributed by atoms with van der Waals surface area (Å²) in [6.45, 7) is 10.1. The van der Waals surface area contributed by atoms with E-state index in [2.05, 4.69) is 4.98 Å². The molecule has 1 heterocycles. The van der Waals surface area contributed by atoms with E-state index in [0.717, 1.165) is 17.1 Å². The number of hydrogen-bond donors (Lipinski definition) is 0. The summed E-state index contributed by atoms with van der Waals surface area (Å²) in [5, 5.41) is 0. The first kappa shape index (κ1) is 10.0. The third-order valence-electron chi connectivity index (χ3n) is 1.48. The molecule has 0 N–H and O–H groups in total. The molecule has 13 heavy (non-hydrogen) atoms. The Labute approximate surface area is 80.0 Å². The highest BCUT2D eigenvalue weighted by atomic mass is 16.5. The van der Waals surface area contributed by atoms with Gasteiger partial charge in [-0.2, -0.15) is 0 Å². The first-order valence-electron chi connectivity index (χ1n) is 4.51. The van der Waals surface area contributed by atoms with Crippen molar-refractivity contribution in [1.82, 2.24) is 4.98 Å². The highest BCUT2D eigenvalue weighted by Crippen LogP contribution is 2.19. The summed E-state index contributed by atoms with van der Waals surface area (Å²) in [6.07, 6.45) is 0. The summed E-state index contributed by atoms with van der Waals surface area (Å²) in [7, 11) is 0. The average Bonchev–Trinajstić information content (AvgIpc) is 1.78. The van der Waals surface area contributed by atoms with Gasteiger partial charge in [0.05, 0.1) is 0 Å². The van der Waals surface area contributed by atoms with E-state index in [9.17, 15) is 0 Å². The smallest absolute Gasteiger partial charge is 0.123 e. The molecule has 2 nitrogen and oxygen atoms in total. The summed E-state index contributed by atoms with van der Waals surface area (Å²) in [6, 6.07) is 3.91. The summed E-state index contributed by atoms with van der Waals surface area (Å²) < 4.78 is 5.72. The zero-order valence-corrected chi connectivity index (χ0v) is 9.01. The molecule has 1 rings (SSSR count). The quantitative estimate of drug-likeness (QED) is 0.661. The van der Waals surface area contributed by atoms with Crippen LogP contribution >= 0.6 is 0 Å². The van der Waals surface area contributed by atoms with Gasteiger partial charge in [0.25, 0.3) is 0 Å². The van der Waals surface area contributed by atoms with E-state index in [0.29, 0.717) is 0 Å². The summed E-state index contributed by atoms with van der Waals surface area (Å²) in [5.74, 6) is 0.900. The van der Waals surface area contributed by atoms with Crippen molar-refractivity contribution in [1.29, 1.82) is 0 Å². The lowest BCUT2D eigenvalue weighted by molar-refractivity contribution is 0.130. The van der Waals surface area contributed by atoms with Crippen LogP contribution in [0.15, 0.2) is 12.1 Å². The second-order valence-electron chi connectivity index (χ2n) is 4.30. The fourth-order valence-corrected chi connectivity index (χ4v) is 1.21. The van der Waals surface area contributed by atoms with Gasteiger partial charge in [0.15, 0.2) is 0 Å². The minimum Gasteiger partial charge on any atom is -0.488 e. The maximum absolute atomic E-state index is 5.72. The second kappa shape index (κ2) is 3.36. The number of nitrogens with zero attached hydrogens (tertiary/aromatic N) is 1. The van der Waals surface area contributed by atoms with E-state index in [4.69, 9.17) is 4.74 Å². The topological polar surface area (TPSA) is 22.1 Å². The van der Waals surface area contributed by atoms with Crippen molar-refractivity contribution in [3.05, 3.63) is 23.5 Å². The van der Waals surface area contributed by atoms with Crippen molar-refractivity contribution in [2.24, 2.45) is 0 Å². The SMILES string of the molecule is Cc1cc(OC(C)(C)C)cc(C)n1. The molecule has 0 amide bonds. The van der Waals surface area contributed by atoms with Crippen molar-refractivity contribution in [2.45, 2.75) is 40.2 Å². The maximum Gasteiger partial charge on any atom is 0.123 e. The van der Waals surface area contributed by atoms with E-state index in [1.54, 1.807) is 0 Å².